The van der Waals surface area contributed by atoms with Crippen molar-refractivity contribution in [3.05, 3.63) is 41.8 Å². The molecule has 0 saturated carbocycles. The average Bonchev–Trinajstić information content (AvgIpc) is 3.00. The predicted octanol–water partition coefficient (Wildman–Crippen LogP) is 3.50. The van der Waals surface area contributed by atoms with Crippen LogP contribution in [0.2, 0.25) is 0 Å². The number of aryl methyl sites for hydroxylation is 1. The van der Waals surface area contributed by atoms with Crippen LogP contribution in [0.4, 0.5) is 0 Å². The molecule has 0 radical (unpaired) electrons. The number of hydrogen-bond acceptors (Lipinski definition) is 6. The van der Waals surface area contributed by atoms with Gasteiger partial charge in [0.25, 0.3) is 0 Å². The van der Waals surface area contributed by atoms with Gasteiger partial charge in [-0.1, -0.05) is 12.2 Å². The van der Waals surface area contributed by atoms with Crippen molar-refractivity contribution in [1.29, 1.82) is 0 Å². The lowest BCUT2D eigenvalue weighted by Gasteiger charge is -2.10. The Balaban J connectivity index is 2.36. The third-order valence-corrected chi connectivity index (χ3v) is 3.42. The second-order valence-corrected chi connectivity index (χ2v) is 4.96. The normalized spacial score (nSPS) is 11.0. The van der Waals surface area contributed by atoms with Crippen molar-refractivity contribution in [3.8, 4) is 11.6 Å². The summed E-state index contributed by atoms with van der Waals surface area (Å²) in [5.74, 6) is 0.620. The van der Waals surface area contributed by atoms with Crippen LogP contribution in [0.15, 0.2) is 40.0 Å². The fourth-order valence-corrected chi connectivity index (χ4v) is 2.35. The molecule has 2 aromatic rings. The Morgan fingerprint density at radius 2 is 2.29 bits per heavy atom. The summed E-state index contributed by atoms with van der Waals surface area (Å²) >= 11 is 1.38. The van der Waals surface area contributed by atoms with Crippen LogP contribution in [0.1, 0.15) is 23.0 Å². The monoisotopic (exact) mass is 304 g/mol. The first kappa shape index (κ1) is 15.3. The zero-order valence-corrected chi connectivity index (χ0v) is 12.9. The number of ether oxygens (including phenoxy) is 1. The van der Waals surface area contributed by atoms with Crippen LogP contribution < -0.4 is 0 Å². The molecule has 0 aliphatic carbocycles. The molecule has 0 aromatic carbocycles. The van der Waals surface area contributed by atoms with Crippen LogP contribution in [0.3, 0.4) is 0 Å². The fourth-order valence-electron chi connectivity index (χ4n) is 1.74. The minimum atomic E-state index is -0.416. The van der Waals surface area contributed by atoms with E-state index in [2.05, 4.69) is 9.97 Å². The third kappa shape index (κ3) is 3.52. The molecule has 6 heteroatoms. The molecule has 0 aliphatic heterocycles. The molecule has 0 spiro atoms. The number of thioether (sulfide) groups is 1. The summed E-state index contributed by atoms with van der Waals surface area (Å²) < 4.78 is 10.5. The topological polar surface area (TPSA) is 65.2 Å². The quantitative estimate of drug-likeness (QED) is 0.364. The second-order valence-electron chi connectivity index (χ2n) is 4.16. The first-order valence-electron chi connectivity index (χ1n) is 6.42. The Morgan fingerprint density at radius 1 is 1.48 bits per heavy atom. The zero-order chi connectivity index (χ0) is 15.2. The molecule has 2 rings (SSSR count). The Morgan fingerprint density at radius 3 is 2.90 bits per heavy atom. The number of esters is 1. The number of carbonyl (C=O) groups is 1. The van der Waals surface area contributed by atoms with E-state index in [9.17, 15) is 4.79 Å². The van der Waals surface area contributed by atoms with E-state index in [-0.39, 0.29) is 6.61 Å². The molecule has 0 N–H and O–H groups in total. The van der Waals surface area contributed by atoms with Gasteiger partial charge < -0.3 is 9.15 Å². The summed E-state index contributed by atoms with van der Waals surface area (Å²) in [4.78, 5) is 20.9. The minimum absolute atomic E-state index is 0.239. The summed E-state index contributed by atoms with van der Waals surface area (Å²) in [7, 11) is 0. The van der Waals surface area contributed by atoms with Crippen LogP contribution in [0.5, 0.6) is 0 Å². The largest absolute Gasteiger partial charge is 0.461 e. The van der Waals surface area contributed by atoms with E-state index >= 15 is 0 Å². The average molecular weight is 304 g/mol. The van der Waals surface area contributed by atoms with Crippen molar-refractivity contribution in [2.75, 3.05) is 12.9 Å². The van der Waals surface area contributed by atoms with Crippen molar-refractivity contribution in [2.24, 2.45) is 0 Å². The lowest BCUT2D eigenvalue weighted by molar-refractivity contribution is 0.0543. The number of furan rings is 1. The third-order valence-electron chi connectivity index (χ3n) is 2.74. The van der Waals surface area contributed by atoms with E-state index in [0.717, 1.165) is 0 Å². The van der Waals surface area contributed by atoms with Crippen molar-refractivity contribution >= 4 is 17.7 Å². The van der Waals surface area contributed by atoms with Gasteiger partial charge in [0.1, 0.15) is 17.2 Å². The highest BCUT2D eigenvalue weighted by atomic mass is 32.2. The standard InChI is InChI=1S/C15H16N2O3S/c1-4-5-8-20-15(18)12-10(2)16-13(17-14(12)21-3)11-7-6-9-19-11/h4-7,9H,8H2,1-3H3/b5-4+. The van der Waals surface area contributed by atoms with Crippen molar-refractivity contribution in [3.63, 3.8) is 0 Å². The number of hydrogen-bond donors (Lipinski definition) is 0. The van der Waals surface area contributed by atoms with Gasteiger partial charge in [-0.25, -0.2) is 14.8 Å². The maximum atomic E-state index is 12.1. The highest BCUT2D eigenvalue weighted by Gasteiger charge is 2.20. The van der Waals surface area contributed by atoms with Gasteiger partial charge in [-0.2, -0.15) is 0 Å². The first-order chi connectivity index (χ1) is 10.2. The molecule has 110 valence electrons. The van der Waals surface area contributed by atoms with E-state index in [4.69, 9.17) is 9.15 Å². The second kappa shape index (κ2) is 7.08. The summed E-state index contributed by atoms with van der Waals surface area (Å²) in [6.45, 7) is 3.87. The smallest absolute Gasteiger partial charge is 0.343 e. The lowest BCUT2D eigenvalue weighted by atomic mass is 10.2. The molecule has 0 atom stereocenters. The van der Waals surface area contributed by atoms with E-state index in [0.29, 0.717) is 27.9 Å². The van der Waals surface area contributed by atoms with Gasteiger partial charge in [0, 0.05) is 0 Å². The van der Waals surface area contributed by atoms with Crippen molar-refractivity contribution in [1.82, 2.24) is 9.97 Å². The van der Waals surface area contributed by atoms with E-state index in [1.165, 1.54) is 11.8 Å². The highest BCUT2D eigenvalue weighted by Crippen LogP contribution is 2.25. The predicted molar refractivity (Wildman–Crippen MR) is 81.3 cm³/mol. The summed E-state index contributed by atoms with van der Waals surface area (Å²) in [6, 6.07) is 3.55. The van der Waals surface area contributed by atoms with Gasteiger partial charge in [-0.05, 0) is 32.2 Å². The van der Waals surface area contributed by atoms with Gasteiger partial charge in [-0.3, -0.25) is 0 Å². The Hall–Kier alpha value is -2.08. The van der Waals surface area contributed by atoms with E-state index in [1.807, 2.05) is 19.3 Å². The molecule has 0 unspecified atom stereocenters. The minimum Gasteiger partial charge on any atom is -0.461 e. The van der Waals surface area contributed by atoms with Crippen LogP contribution in [0, 0.1) is 6.92 Å². The SMILES string of the molecule is C/C=C/COC(=O)c1c(C)nc(-c2ccco2)nc1SC. The molecule has 0 bridgehead atoms. The molecular weight excluding hydrogens is 288 g/mol. The highest BCUT2D eigenvalue weighted by molar-refractivity contribution is 7.98. The molecule has 5 nitrogen and oxygen atoms in total. The Kier molecular flexibility index (Phi) is 5.16. The number of aromatic nitrogens is 2. The molecule has 0 fully saturated rings. The fraction of sp³-hybridized carbons (Fsp3) is 0.267. The summed E-state index contributed by atoms with van der Waals surface area (Å²) in [5, 5.41) is 0.583. The molecule has 21 heavy (non-hydrogen) atoms. The van der Waals surface area contributed by atoms with Gasteiger partial charge in [-0.15, -0.1) is 11.8 Å². The summed E-state index contributed by atoms with van der Waals surface area (Å²) in [5.41, 5.74) is 0.980. The van der Waals surface area contributed by atoms with Gasteiger partial charge in [0.15, 0.2) is 11.6 Å². The Labute approximate surface area is 127 Å². The van der Waals surface area contributed by atoms with Gasteiger partial charge in [0.2, 0.25) is 0 Å². The first-order valence-corrected chi connectivity index (χ1v) is 7.64. The molecule has 0 saturated heterocycles. The maximum absolute atomic E-state index is 12.1. The van der Waals surface area contributed by atoms with E-state index in [1.54, 1.807) is 31.4 Å². The number of allylic oxidation sites excluding steroid dienone is 1. The molecule has 0 aliphatic rings. The number of nitrogens with zero attached hydrogens (tertiary/aromatic N) is 2. The molecule has 2 heterocycles. The van der Waals surface area contributed by atoms with Crippen LogP contribution >= 0.6 is 11.8 Å². The summed E-state index contributed by atoms with van der Waals surface area (Å²) in [6.07, 6.45) is 7.01. The maximum Gasteiger partial charge on any atom is 0.343 e. The van der Waals surface area contributed by atoms with Crippen LogP contribution in [-0.4, -0.2) is 28.8 Å². The molecule has 2 aromatic heterocycles. The zero-order valence-electron chi connectivity index (χ0n) is 12.1. The molecule has 0 amide bonds. The van der Waals surface area contributed by atoms with Crippen molar-refractivity contribution < 1.29 is 13.9 Å². The van der Waals surface area contributed by atoms with Crippen LogP contribution in [-0.2, 0) is 4.74 Å². The van der Waals surface area contributed by atoms with E-state index < -0.39 is 5.97 Å². The van der Waals surface area contributed by atoms with Gasteiger partial charge in [0.05, 0.1) is 12.0 Å². The molecular formula is C15H16N2O3S. The van der Waals surface area contributed by atoms with Crippen molar-refractivity contribution in [2.45, 2.75) is 18.9 Å². The van der Waals surface area contributed by atoms with Crippen LogP contribution in [0.25, 0.3) is 11.6 Å². The van der Waals surface area contributed by atoms with Gasteiger partial charge >= 0.3 is 5.97 Å². The number of carbonyl (C=O) groups excluding carboxylic acids is 1. The Bertz CT molecular complexity index is 651. The number of rotatable bonds is 5. The lowest BCUT2D eigenvalue weighted by Crippen LogP contribution is -2.12.